The molecule has 31 heavy (non-hydrogen) atoms. The van der Waals surface area contributed by atoms with Crippen molar-refractivity contribution in [2.24, 2.45) is 0 Å². The third-order valence-electron chi connectivity index (χ3n) is 4.90. The SMILES string of the molecule is CCCCCCCOC(=O)C1=C(C)Nc2nnnn2C1c1cc(Br)ccc1OC(F)F. The molecule has 1 unspecified atom stereocenters. The summed E-state index contributed by atoms with van der Waals surface area (Å²) in [4.78, 5) is 13.0. The molecule has 2 aromatic rings. The van der Waals surface area contributed by atoms with Gasteiger partial charge in [0.05, 0.1) is 12.2 Å². The number of nitrogens with zero attached hydrogens (tertiary/aromatic N) is 4. The van der Waals surface area contributed by atoms with Crippen molar-refractivity contribution < 1.29 is 23.0 Å². The molecule has 1 aromatic heterocycles. The van der Waals surface area contributed by atoms with E-state index in [4.69, 9.17) is 9.47 Å². The topological polar surface area (TPSA) is 91.2 Å². The van der Waals surface area contributed by atoms with Gasteiger partial charge in [-0.2, -0.15) is 13.5 Å². The number of unbranched alkanes of at least 4 members (excludes halogenated alkanes) is 4. The zero-order valence-electron chi connectivity index (χ0n) is 17.3. The Balaban J connectivity index is 1.91. The Bertz CT molecular complexity index is 951. The lowest BCUT2D eigenvalue weighted by Crippen LogP contribution is -2.30. The van der Waals surface area contributed by atoms with Crippen LogP contribution in [0.4, 0.5) is 14.7 Å². The van der Waals surface area contributed by atoms with Crippen molar-refractivity contribution in [1.82, 2.24) is 20.2 Å². The van der Waals surface area contributed by atoms with E-state index in [2.05, 4.69) is 43.7 Å². The Hall–Kier alpha value is -2.56. The lowest BCUT2D eigenvalue weighted by molar-refractivity contribution is -0.139. The Kier molecular flexibility index (Phi) is 7.94. The maximum absolute atomic E-state index is 13.0. The first-order chi connectivity index (χ1) is 14.9. The molecule has 1 aromatic carbocycles. The quantitative estimate of drug-likeness (QED) is 0.369. The van der Waals surface area contributed by atoms with Crippen LogP contribution in [0.25, 0.3) is 0 Å². The number of hydrogen-bond acceptors (Lipinski definition) is 7. The first-order valence-electron chi connectivity index (χ1n) is 10.1. The first kappa shape index (κ1) is 23.1. The summed E-state index contributed by atoms with van der Waals surface area (Å²) in [5.74, 6) is -0.361. The van der Waals surface area contributed by atoms with Crippen LogP contribution in [0.15, 0.2) is 33.9 Å². The minimum absolute atomic E-state index is 0.0794. The van der Waals surface area contributed by atoms with Gasteiger partial charge in [0.2, 0.25) is 5.95 Å². The van der Waals surface area contributed by atoms with E-state index >= 15 is 0 Å². The molecule has 0 saturated heterocycles. The number of alkyl halides is 2. The molecule has 0 amide bonds. The van der Waals surface area contributed by atoms with Crippen molar-refractivity contribution in [2.45, 2.75) is 58.6 Å². The molecule has 1 aliphatic rings. The number of nitrogens with one attached hydrogen (secondary N) is 1. The molecule has 2 heterocycles. The fourth-order valence-corrected chi connectivity index (χ4v) is 3.83. The summed E-state index contributed by atoms with van der Waals surface area (Å²) in [7, 11) is 0. The summed E-state index contributed by atoms with van der Waals surface area (Å²) >= 11 is 3.35. The van der Waals surface area contributed by atoms with E-state index in [1.54, 1.807) is 19.1 Å². The zero-order chi connectivity index (χ0) is 22.4. The number of carbonyl (C=O) groups excluding carboxylic acids is 1. The highest BCUT2D eigenvalue weighted by Crippen LogP contribution is 2.40. The van der Waals surface area contributed by atoms with Crippen molar-refractivity contribution in [2.75, 3.05) is 11.9 Å². The van der Waals surface area contributed by atoms with Crippen LogP contribution >= 0.6 is 15.9 Å². The van der Waals surface area contributed by atoms with Crippen LogP contribution in [0, 0.1) is 0 Å². The van der Waals surface area contributed by atoms with Gasteiger partial charge >= 0.3 is 12.6 Å². The second-order valence-corrected chi connectivity index (χ2v) is 8.04. The molecule has 0 radical (unpaired) electrons. The summed E-state index contributed by atoms with van der Waals surface area (Å²) in [6.45, 7) is 1.06. The highest BCUT2D eigenvalue weighted by molar-refractivity contribution is 9.10. The molecule has 0 aliphatic carbocycles. The monoisotopic (exact) mass is 499 g/mol. The number of aromatic nitrogens is 4. The highest BCUT2D eigenvalue weighted by Gasteiger charge is 2.37. The first-order valence-corrected chi connectivity index (χ1v) is 10.9. The van der Waals surface area contributed by atoms with Gasteiger partial charge in [-0.05, 0) is 42.0 Å². The number of hydrogen-bond donors (Lipinski definition) is 1. The third kappa shape index (κ3) is 5.57. The Morgan fingerprint density at radius 3 is 2.81 bits per heavy atom. The molecule has 168 valence electrons. The van der Waals surface area contributed by atoms with Crippen LogP contribution in [0.3, 0.4) is 0 Å². The van der Waals surface area contributed by atoms with Crippen molar-refractivity contribution in [3.63, 3.8) is 0 Å². The smallest absolute Gasteiger partial charge is 0.387 e. The molecule has 8 nitrogen and oxygen atoms in total. The van der Waals surface area contributed by atoms with E-state index in [1.807, 2.05) is 0 Å². The standard InChI is InChI=1S/C20H24BrF2N5O3/c1-3-4-5-6-7-10-30-18(29)16-12(2)24-20-25-26-27-28(20)17(16)14-11-13(21)8-9-15(14)31-19(22)23/h8-9,11,17,19H,3-7,10H2,1-2H3,(H,24,25,27). The highest BCUT2D eigenvalue weighted by atomic mass is 79.9. The molecule has 11 heteroatoms. The molecule has 1 atom stereocenters. The second kappa shape index (κ2) is 10.7. The van der Waals surface area contributed by atoms with Crippen molar-refractivity contribution in [3.8, 4) is 5.75 Å². The predicted octanol–water partition coefficient (Wildman–Crippen LogP) is 4.84. The number of ether oxygens (including phenoxy) is 2. The lowest BCUT2D eigenvalue weighted by Gasteiger charge is -2.28. The maximum atomic E-state index is 13.0. The van der Waals surface area contributed by atoms with E-state index < -0.39 is 18.6 Å². The van der Waals surface area contributed by atoms with Crippen LogP contribution in [0.5, 0.6) is 5.75 Å². The normalized spacial score (nSPS) is 15.6. The number of benzene rings is 1. The number of tetrazole rings is 1. The maximum Gasteiger partial charge on any atom is 0.387 e. The average molecular weight is 500 g/mol. The average Bonchev–Trinajstić information content (AvgIpc) is 3.18. The van der Waals surface area contributed by atoms with Crippen molar-refractivity contribution in [3.05, 3.63) is 39.5 Å². The summed E-state index contributed by atoms with van der Waals surface area (Å²) < 4.78 is 38.3. The summed E-state index contributed by atoms with van der Waals surface area (Å²) in [6, 6.07) is 3.69. The van der Waals surface area contributed by atoms with Gasteiger partial charge in [0, 0.05) is 15.7 Å². The molecule has 0 fully saturated rings. The van der Waals surface area contributed by atoms with Gasteiger partial charge in [-0.15, -0.1) is 0 Å². The van der Waals surface area contributed by atoms with Gasteiger partial charge < -0.3 is 14.8 Å². The number of fused-ring (bicyclic) bond motifs is 1. The van der Waals surface area contributed by atoms with E-state index in [-0.39, 0.29) is 23.9 Å². The van der Waals surface area contributed by atoms with E-state index in [0.717, 1.165) is 32.1 Å². The molecule has 1 N–H and O–H groups in total. The molecular formula is C20H24BrF2N5O3. The minimum atomic E-state index is -3.03. The largest absolute Gasteiger partial charge is 0.462 e. The number of carbonyl (C=O) groups is 1. The van der Waals surface area contributed by atoms with Crippen molar-refractivity contribution >= 4 is 27.8 Å². The van der Waals surface area contributed by atoms with Crippen LogP contribution in [-0.4, -0.2) is 39.4 Å². The fourth-order valence-electron chi connectivity index (χ4n) is 3.45. The predicted molar refractivity (Wildman–Crippen MR) is 113 cm³/mol. The van der Waals surface area contributed by atoms with Gasteiger partial charge in [0.15, 0.2) is 0 Å². The van der Waals surface area contributed by atoms with Gasteiger partial charge in [0.25, 0.3) is 0 Å². The van der Waals surface area contributed by atoms with Crippen LogP contribution in [-0.2, 0) is 9.53 Å². The molecule has 0 saturated carbocycles. The molecule has 3 rings (SSSR count). The van der Waals surface area contributed by atoms with Crippen LogP contribution in [0.1, 0.15) is 57.6 Å². The lowest BCUT2D eigenvalue weighted by atomic mass is 9.95. The number of esters is 1. The van der Waals surface area contributed by atoms with Crippen molar-refractivity contribution in [1.29, 1.82) is 0 Å². The van der Waals surface area contributed by atoms with Crippen LogP contribution in [0.2, 0.25) is 0 Å². The minimum Gasteiger partial charge on any atom is -0.462 e. The number of anilines is 1. The number of halogens is 3. The summed E-state index contributed by atoms with van der Waals surface area (Å²) in [5, 5.41) is 14.5. The summed E-state index contributed by atoms with van der Waals surface area (Å²) in [6.07, 6.45) is 5.07. The van der Waals surface area contributed by atoms with Gasteiger partial charge in [-0.1, -0.05) is 53.6 Å². The van der Waals surface area contributed by atoms with Gasteiger partial charge in [-0.25, -0.2) is 4.79 Å². The van der Waals surface area contributed by atoms with E-state index in [1.165, 1.54) is 10.7 Å². The molecule has 0 bridgehead atoms. The second-order valence-electron chi connectivity index (χ2n) is 7.12. The fraction of sp³-hybridized carbons (Fsp3) is 0.500. The summed E-state index contributed by atoms with van der Waals surface area (Å²) in [5.41, 5.74) is 1.01. The van der Waals surface area contributed by atoms with Gasteiger partial charge in [0.1, 0.15) is 11.8 Å². The van der Waals surface area contributed by atoms with Gasteiger partial charge in [-0.3, -0.25) is 0 Å². The zero-order valence-corrected chi connectivity index (χ0v) is 18.9. The van der Waals surface area contributed by atoms with E-state index in [9.17, 15) is 13.6 Å². The molecular weight excluding hydrogens is 476 g/mol. The Morgan fingerprint density at radius 1 is 1.29 bits per heavy atom. The Labute approximate surface area is 187 Å². The van der Waals surface area contributed by atoms with E-state index in [0.29, 0.717) is 15.7 Å². The molecule has 1 aliphatic heterocycles. The van der Waals surface area contributed by atoms with Crippen LogP contribution < -0.4 is 10.1 Å². The Morgan fingerprint density at radius 2 is 2.06 bits per heavy atom. The number of rotatable bonds is 10. The number of allylic oxidation sites excluding steroid dienone is 1. The third-order valence-corrected chi connectivity index (χ3v) is 5.39. The molecule has 0 spiro atoms.